The average molecular weight is 467 g/mol. The summed E-state index contributed by atoms with van der Waals surface area (Å²) in [6, 6.07) is 6.77. The molecule has 2 aromatic carbocycles. The molecule has 0 radical (unpaired) electrons. The molecule has 2 aromatic rings. The SMILES string of the molecule is O=C(Nc1cc(Cl)cc(Cl)c1)[C@@H]1CCCN1S(=O)(=O)c1cccc(C(F)(F)F)c1. The number of sulfonamides is 1. The third kappa shape index (κ3) is 4.85. The summed E-state index contributed by atoms with van der Waals surface area (Å²) in [5, 5.41) is 3.13. The third-order valence-corrected chi connectivity index (χ3v) is 6.74. The highest BCUT2D eigenvalue weighted by molar-refractivity contribution is 7.89. The van der Waals surface area contributed by atoms with E-state index in [1.165, 1.54) is 18.2 Å². The molecule has 1 aliphatic rings. The number of hydrogen-bond acceptors (Lipinski definition) is 3. The number of nitrogens with one attached hydrogen (secondary N) is 1. The monoisotopic (exact) mass is 466 g/mol. The predicted octanol–water partition coefficient (Wildman–Crippen LogP) is 4.80. The van der Waals surface area contributed by atoms with E-state index < -0.39 is 38.6 Å². The molecule has 0 bridgehead atoms. The van der Waals surface area contributed by atoms with Crippen LogP contribution in [0.1, 0.15) is 18.4 Å². The lowest BCUT2D eigenvalue weighted by atomic mass is 10.2. The Labute approximate surface area is 175 Å². The second-order valence-electron chi connectivity index (χ2n) is 6.45. The van der Waals surface area contributed by atoms with Crippen molar-refractivity contribution in [2.45, 2.75) is 30.0 Å². The minimum atomic E-state index is -4.68. The molecule has 1 saturated heterocycles. The molecule has 1 heterocycles. The fraction of sp³-hybridized carbons (Fsp3) is 0.278. The van der Waals surface area contributed by atoms with E-state index in [0.717, 1.165) is 22.5 Å². The maximum absolute atomic E-state index is 13.0. The molecule has 5 nitrogen and oxygen atoms in total. The Hall–Kier alpha value is -1.81. The first-order valence-electron chi connectivity index (χ1n) is 8.44. The van der Waals surface area contributed by atoms with E-state index in [1.807, 2.05) is 0 Å². The van der Waals surface area contributed by atoms with Gasteiger partial charge in [-0.05, 0) is 49.2 Å². The summed E-state index contributed by atoms with van der Waals surface area (Å²) in [6.07, 6.45) is -4.05. The number of alkyl halides is 3. The smallest absolute Gasteiger partial charge is 0.325 e. The Morgan fingerprint density at radius 2 is 1.76 bits per heavy atom. The van der Waals surface area contributed by atoms with Crippen molar-refractivity contribution in [2.75, 3.05) is 11.9 Å². The summed E-state index contributed by atoms with van der Waals surface area (Å²) in [5.41, 5.74) is -0.789. The van der Waals surface area contributed by atoms with Crippen LogP contribution in [0.2, 0.25) is 10.0 Å². The number of hydrogen-bond donors (Lipinski definition) is 1. The van der Waals surface area contributed by atoms with Crippen molar-refractivity contribution in [2.24, 2.45) is 0 Å². The van der Waals surface area contributed by atoms with Crippen molar-refractivity contribution in [1.29, 1.82) is 0 Å². The Bertz CT molecular complexity index is 1020. The second-order valence-corrected chi connectivity index (χ2v) is 9.21. The van der Waals surface area contributed by atoms with Crippen molar-refractivity contribution >= 4 is 44.8 Å². The van der Waals surface area contributed by atoms with Crippen LogP contribution in [-0.2, 0) is 21.0 Å². The molecule has 11 heteroatoms. The first kappa shape index (κ1) is 21.9. The van der Waals surface area contributed by atoms with Gasteiger partial charge in [-0.3, -0.25) is 4.79 Å². The maximum Gasteiger partial charge on any atom is 0.416 e. The number of rotatable bonds is 4. The molecular weight excluding hydrogens is 452 g/mol. The van der Waals surface area contributed by atoms with Crippen molar-refractivity contribution in [3.63, 3.8) is 0 Å². The zero-order chi connectivity index (χ0) is 21.4. The highest BCUT2D eigenvalue weighted by Gasteiger charge is 2.40. The van der Waals surface area contributed by atoms with Gasteiger partial charge in [-0.1, -0.05) is 29.3 Å². The topological polar surface area (TPSA) is 66.5 Å². The average Bonchev–Trinajstić information content (AvgIpc) is 3.11. The van der Waals surface area contributed by atoms with E-state index in [-0.39, 0.29) is 28.7 Å². The molecule has 0 saturated carbocycles. The van der Waals surface area contributed by atoms with Gasteiger partial charge >= 0.3 is 6.18 Å². The zero-order valence-electron chi connectivity index (χ0n) is 14.7. The van der Waals surface area contributed by atoms with Crippen LogP contribution >= 0.6 is 23.2 Å². The van der Waals surface area contributed by atoms with E-state index in [9.17, 15) is 26.4 Å². The highest BCUT2D eigenvalue weighted by atomic mass is 35.5. The summed E-state index contributed by atoms with van der Waals surface area (Å²) < 4.78 is 65.6. The number of nitrogens with zero attached hydrogens (tertiary/aromatic N) is 1. The number of amides is 1. The van der Waals surface area contributed by atoms with E-state index >= 15 is 0 Å². The summed E-state index contributed by atoms with van der Waals surface area (Å²) in [7, 11) is -4.30. The number of carbonyl (C=O) groups is 1. The summed E-state index contributed by atoms with van der Waals surface area (Å²) in [4.78, 5) is 12.2. The quantitative estimate of drug-likeness (QED) is 0.703. The van der Waals surface area contributed by atoms with E-state index in [2.05, 4.69) is 5.32 Å². The molecule has 1 atom stereocenters. The number of halogens is 5. The Morgan fingerprint density at radius 1 is 1.10 bits per heavy atom. The van der Waals surface area contributed by atoms with E-state index in [0.29, 0.717) is 12.5 Å². The van der Waals surface area contributed by atoms with Gasteiger partial charge in [0.2, 0.25) is 15.9 Å². The van der Waals surface area contributed by atoms with Crippen LogP contribution in [0.5, 0.6) is 0 Å². The molecule has 1 amide bonds. The van der Waals surface area contributed by atoms with Gasteiger partial charge in [-0.25, -0.2) is 8.42 Å². The fourth-order valence-electron chi connectivity index (χ4n) is 3.11. The normalized spacial score (nSPS) is 18.0. The first-order valence-corrected chi connectivity index (χ1v) is 10.6. The van der Waals surface area contributed by atoms with Crippen LogP contribution < -0.4 is 5.32 Å². The molecule has 0 aliphatic carbocycles. The molecule has 29 heavy (non-hydrogen) atoms. The summed E-state index contributed by atoms with van der Waals surface area (Å²) in [6.45, 7) is 0.0208. The molecular formula is C18H15Cl2F3N2O3S. The van der Waals surface area contributed by atoms with Crippen molar-refractivity contribution in [1.82, 2.24) is 4.31 Å². The van der Waals surface area contributed by atoms with Gasteiger partial charge in [-0.15, -0.1) is 0 Å². The van der Waals surface area contributed by atoms with E-state index in [4.69, 9.17) is 23.2 Å². The van der Waals surface area contributed by atoms with Crippen molar-refractivity contribution in [3.05, 3.63) is 58.1 Å². The second kappa shape index (κ2) is 8.14. The van der Waals surface area contributed by atoms with Gasteiger partial charge in [0.15, 0.2) is 0 Å². The van der Waals surface area contributed by atoms with Gasteiger partial charge < -0.3 is 5.32 Å². The van der Waals surface area contributed by atoms with Crippen LogP contribution in [0.15, 0.2) is 47.4 Å². The molecule has 1 aliphatic heterocycles. The Balaban J connectivity index is 1.87. The van der Waals surface area contributed by atoms with Gasteiger partial charge in [-0.2, -0.15) is 17.5 Å². The number of carbonyl (C=O) groups excluding carboxylic acids is 1. The van der Waals surface area contributed by atoms with Gasteiger partial charge in [0, 0.05) is 22.3 Å². The van der Waals surface area contributed by atoms with Crippen LogP contribution in [0, 0.1) is 0 Å². The molecule has 156 valence electrons. The lowest BCUT2D eigenvalue weighted by Gasteiger charge is -2.24. The highest BCUT2D eigenvalue weighted by Crippen LogP contribution is 2.33. The largest absolute Gasteiger partial charge is 0.416 e. The van der Waals surface area contributed by atoms with Gasteiger partial charge in [0.25, 0.3) is 0 Å². The summed E-state index contributed by atoms with van der Waals surface area (Å²) >= 11 is 11.8. The minimum absolute atomic E-state index is 0.0208. The molecule has 0 aromatic heterocycles. The molecule has 0 unspecified atom stereocenters. The fourth-order valence-corrected chi connectivity index (χ4v) is 5.34. The van der Waals surface area contributed by atoms with Crippen LogP contribution in [0.3, 0.4) is 0 Å². The molecule has 1 fully saturated rings. The zero-order valence-corrected chi connectivity index (χ0v) is 17.0. The van der Waals surface area contributed by atoms with Crippen LogP contribution in [0.25, 0.3) is 0 Å². The lowest BCUT2D eigenvalue weighted by Crippen LogP contribution is -2.43. The summed E-state index contributed by atoms with van der Waals surface area (Å²) in [5.74, 6) is -0.614. The molecule has 0 spiro atoms. The number of benzene rings is 2. The van der Waals surface area contributed by atoms with Crippen molar-refractivity contribution in [3.8, 4) is 0 Å². The van der Waals surface area contributed by atoms with Gasteiger partial charge in [0.1, 0.15) is 6.04 Å². The predicted molar refractivity (Wildman–Crippen MR) is 103 cm³/mol. The first-order chi connectivity index (χ1) is 13.5. The van der Waals surface area contributed by atoms with Gasteiger partial charge in [0.05, 0.1) is 10.5 Å². The number of anilines is 1. The molecule has 1 N–H and O–H groups in total. The minimum Gasteiger partial charge on any atom is -0.325 e. The van der Waals surface area contributed by atoms with Crippen LogP contribution in [0.4, 0.5) is 18.9 Å². The third-order valence-electron chi connectivity index (χ3n) is 4.40. The standard InChI is InChI=1S/C18H15Cl2F3N2O3S/c19-12-8-13(20)10-14(9-12)24-17(26)16-5-2-6-25(16)29(27,28)15-4-1-3-11(7-15)18(21,22)23/h1,3-4,7-10,16H,2,5-6H2,(H,24,26)/t16-/m0/s1. The molecule has 3 rings (SSSR count). The Morgan fingerprint density at radius 3 is 2.38 bits per heavy atom. The Kier molecular flexibility index (Phi) is 6.14. The maximum atomic E-state index is 13.0. The van der Waals surface area contributed by atoms with Crippen molar-refractivity contribution < 1.29 is 26.4 Å². The van der Waals surface area contributed by atoms with Crippen LogP contribution in [-0.4, -0.2) is 31.2 Å². The van der Waals surface area contributed by atoms with E-state index in [1.54, 1.807) is 0 Å². The lowest BCUT2D eigenvalue weighted by molar-refractivity contribution is -0.137.